The fraction of sp³-hybridized carbons (Fsp3) is 0.550. The van der Waals surface area contributed by atoms with Crippen molar-refractivity contribution in [3.63, 3.8) is 0 Å². The van der Waals surface area contributed by atoms with E-state index in [2.05, 4.69) is 26.6 Å². The Morgan fingerprint density at radius 1 is 1.07 bits per heavy atom. The van der Waals surface area contributed by atoms with Gasteiger partial charge in [-0.05, 0) is 45.6 Å². The van der Waals surface area contributed by atoms with Gasteiger partial charge in [-0.15, -0.1) is 0 Å². The number of nitrogens with one attached hydrogen (secondary N) is 2. The lowest BCUT2D eigenvalue weighted by molar-refractivity contribution is -0.118. The smallest absolute Gasteiger partial charge is 0.408 e. The number of alkyl halides is 1. The number of alkyl carbamates (subject to hydrolysis) is 2. The van der Waals surface area contributed by atoms with Crippen LogP contribution in [0.25, 0.3) is 0 Å². The molecule has 1 atom stereocenters. The molecule has 2 N–H and O–H groups in total. The topological polar surface area (TPSA) is 93.7 Å². The molecule has 0 saturated heterocycles. The van der Waals surface area contributed by atoms with Crippen molar-refractivity contribution in [3.8, 4) is 0 Å². The molecule has 0 aliphatic heterocycles. The van der Waals surface area contributed by atoms with Crippen molar-refractivity contribution in [2.45, 2.75) is 58.3 Å². The molecule has 1 rings (SSSR count). The zero-order valence-electron chi connectivity index (χ0n) is 16.6. The average Bonchev–Trinajstić information content (AvgIpc) is 2.64. The average molecular weight is 457 g/mol. The Morgan fingerprint density at radius 3 is 2.36 bits per heavy atom. The van der Waals surface area contributed by atoms with E-state index in [1.807, 2.05) is 30.3 Å². The van der Waals surface area contributed by atoms with Gasteiger partial charge in [0.15, 0.2) is 5.78 Å². The van der Waals surface area contributed by atoms with E-state index >= 15 is 0 Å². The molecule has 2 amide bonds. The number of amides is 2. The first-order valence-corrected chi connectivity index (χ1v) is 10.4. The second-order valence-corrected chi connectivity index (χ2v) is 7.84. The Morgan fingerprint density at radius 2 is 1.75 bits per heavy atom. The molecule has 0 aliphatic rings. The van der Waals surface area contributed by atoms with Crippen molar-refractivity contribution in [2.75, 3.05) is 11.9 Å². The SMILES string of the molecule is CC(C)(C)OC(=O)NCCCCC(NC(=O)OCc1ccccc1)C(=O)CBr. The van der Waals surface area contributed by atoms with E-state index in [0.717, 1.165) is 5.56 Å². The molecule has 0 radical (unpaired) electrons. The van der Waals surface area contributed by atoms with Gasteiger partial charge in [0.2, 0.25) is 0 Å². The summed E-state index contributed by atoms with van der Waals surface area (Å²) in [5.41, 5.74) is 0.329. The van der Waals surface area contributed by atoms with Crippen LogP contribution in [0.15, 0.2) is 30.3 Å². The second-order valence-electron chi connectivity index (χ2n) is 7.28. The maximum absolute atomic E-state index is 12.0. The number of carbonyl (C=O) groups excluding carboxylic acids is 3. The number of ketones is 1. The summed E-state index contributed by atoms with van der Waals surface area (Å²) in [6.07, 6.45) is 0.670. The third kappa shape index (κ3) is 10.9. The minimum atomic E-state index is -0.635. The molecule has 0 fully saturated rings. The lowest BCUT2D eigenvalue weighted by Crippen LogP contribution is -2.41. The van der Waals surface area contributed by atoms with Crippen LogP contribution in [0.5, 0.6) is 0 Å². The van der Waals surface area contributed by atoms with Crippen LogP contribution in [-0.2, 0) is 20.9 Å². The Balaban J connectivity index is 2.33. The zero-order chi connectivity index (χ0) is 21.0. The highest BCUT2D eigenvalue weighted by atomic mass is 79.9. The normalized spacial score (nSPS) is 12.0. The molecule has 0 saturated carbocycles. The molecule has 1 aromatic carbocycles. The minimum Gasteiger partial charge on any atom is -0.445 e. The van der Waals surface area contributed by atoms with E-state index < -0.39 is 23.8 Å². The molecule has 0 bridgehead atoms. The van der Waals surface area contributed by atoms with Gasteiger partial charge in [0.25, 0.3) is 0 Å². The molecule has 8 heteroatoms. The fourth-order valence-electron chi connectivity index (χ4n) is 2.29. The molecule has 0 aliphatic carbocycles. The highest BCUT2D eigenvalue weighted by molar-refractivity contribution is 9.09. The summed E-state index contributed by atoms with van der Waals surface area (Å²) in [5, 5.41) is 5.43. The van der Waals surface area contributed by atoms with E-state index in [-0.39, 0.29) is 17.7 Å². The number of ether oxygens (including phenoxy) is 2. The van der Waals surface area contributed by atoms with E-state index in [1.54, 1.807) is 20.8 Å². The van der Waals surface area contributed by atoms with Gasteiger partial charge in [-0.1, -0.05) is 46.3 Å². The molecule has 156 valence electrons. The third-order valence-electron chi connectivity index (χ3n) is 3.61. The highest BCUT2D eigenvalue weighted by Gasteiger charge is 2.20. The van der Waals surface area contributed by atoms with Crippen LogP contribution >= 0.6 is 15.9 Å². The van der Waals surface area contributed by atoms with E-state index in [9.17, 15) is 14.4 Å². The molecule has 1 unspecified atom stereocenters. The van der Waals surface area contributed by atoms with Gasteiger partial charge in [0, 0.05) is 6.54 Å². The number of rotatable bonds is 10. The van der Waals surface area contributed by atoms with Gasteiger partial charge in [0.05, 0.1) is 11.4 Å². The summed E-state index contributed by atoms with van der Waals surface area (Å²) >= 11 is 3.14. The van der Waals surface area contributed by atoms with Crippen LogP contribution in [-0.4, -0.2) is 41.5 Å². The zero-order valence-corrected chi connectivity index (χ0v) is 18.2. The first-order chi connectivity index (χ1) is 13.2. The fourth-order valence-corrected chi connectivity index (χ4v) is 2.68. The molecule has 7 nitrogen and oxygen atoms in total. The molecule has 0 aromatic heterocycles. The van der Waals surface area contributed by atoms with Gasteiger partial charge in [-0.25, -0.2) is 9.59 Å². The quantitative estimate of drug-likeness (QED) is 0.410. The van der Waals surface area contributed by atoms with E-state index in [4.69, 9.17) is 9.47 Å². The minimum absolute atomic E-state index is 0.128. The Hall–Kier alpha value is -2.09. The summed E-state index contributed by atoms with van der Waals surface area (Å²) in [6, 6.07) is 8.67. The first kappa shape index (κ1) is 23.9. The maximum Gasteiger partial charge on any atom is 0.408 e. The van der Waals surface area contributed by atoms with Crippen LogP contribution in [0.3, 0.4) is 0 Å². The molecular weight excluding hydrogens is 428 g/mol. The summed E-state index contributed by atoms with van der Waals surface area (Å²) in [4.78, 5) is 35.6. The van der Waals surface area contributed by atoms with Crippen molar-refractivity contribution < 1.29 is 23.9 Å². The van der Waals surface area contributed by atoms with Crippen LogP contribution < -0.4 is 10.6 Å². The lowest BCUT2D eigenvalue weighted by Gasteiger charge is -2.20. The number of Topliss-reactive ketones (excluding diaryl/α,β-unsaturated/α-hetero) is 1. The van der Waals surface area contributed by atoms with Gasteiger partial charge in [-0.2, -0.15) is 0 Å². The number of hydrogen-bond acceptors (Lipinski definition) is 5. The molecule has 28 heavy (non-hydrogen) atoms. The molecule has 0 heterocycles. The highest BCUT2D eigenvalue weighted by Crippen LogP contribution is 2.08. The standard InChI is InChI=1S/C20H29BrN2O5/c1-20(2,3)28-18(25)22-12-8-7-11-16(17(24)13-21)23-19(26)27-14-15-9-5-4-6-10-15/h4-6,9-10,16H,7-8,11-14H2,1-3H3,(H,22,25)(H,23,26). The lowest BCUT2D eigenvalue weighted by atomic mass is 10.1. The predicted octanol–water partition coefficient (Wildman–Crippen LogP) is 3.94. The predicted molar refractivity (Wildman–Crippen MR) is 110 cm³/mol. The molecular formula is C20H29BrN2O5. The number of halogens is 1. The van der Waals surface area contributed by atoms with E-state index in [0.29, 0.717) is 25.8 Å². The monoisotopic (exact) mass is 456 g/mol. The van der Waals surface area contributed by atoms with Gasteiger partial charge in [0.1, 0.15) is 12.2 Å². The Bertz CT molecular complexity index is 631. The van der Waals surface area contributed by atoms with Crippen molar-refractivity contribution in [1.82, 2.24) is 10.6 Å². The van der Waals surface area contributed by atoms with E-state index in [1.165, 1.54) is 0 Å². The first-order valence-electron chi connectivity index (χ1n) is 9.24. The molecule has 1 aromatic rings. The summed E-state index contributed by atoms with van der Waals surface area (Å²) < 4.78 is 10.3. The molecule has 0 spiro atoms. The van der Waals surface area contributed by atoms with Crippen molar-refractivity contribution >= 4 is 33.9 Å². The van der Waals surface area contributed by atoms with Gasteiger partial charge >= 0.3 is 12.2 Å². The number of unbranched alkanes of at least 4 members (excludes halogenated alkanes) is 1. The van der Waals surface area contributed by atoms with Crippen LogP contribution in [0.1, 0.15) is 45.6 Å². The number of hydrogen-bond donors (Lipinski definition) is 2. The summed E-state index contributed by atoms with van der Waals surface area (Å²) in [7, 11) is 0. The Labute approximate surface area is 174 Å². The van der Waals surface area contributed by atoms with Crippen LogP contribution in [0.4, 0.5) is 9.59 Å². The van der Waals surface area contributed by atoms with Crippen LogP contribution in [0, 0.1) is 0 Å². The second kappa shape index (κ2) is 12.4. The summed E-state index contributed by atoms with van der Waals surface area (Å²) in [6.45, 7) is 5.97. The third-order valence-corrected chi connectivity index (χ3v) is 4.17. The number of carbonyl (C=O) groups is 3. The van der Waals surface area contributed by atoms with Crippen molar-refractivity contribution in [3.05, 3.63) is 35.9 Å². The largest absolute Gasteiger partial charge is 0.445 e. The van der Waals surface area contributed by atoms with Crippen molar-refractivity contribution in [2.24, 2.45) is 0 Å². The summed E-state index contributed by atoms with van der Waals surface area (Å²) in [5.74, 6) is -0.128. The Kier molecular flexibility index (Phi) is 10.6. The number of benzene rings is 1. The maximum atomic E-state index is 12.0. The van der Waals surface area contributed by atoms with Gasteiger partial charge < -0.3 is 20.1 Å². The van der Waals surface area contributed by atoms with Crippen LogP contribution in [0.2, 0.25) is 0 Å². The van der Waals surface area contributed by atoms with Crippen molar-refractivity contribution in [1.29, 1.82) is 0 Å². The van der Waals surface area contributed by atoms with Gasteiger partial charge in [-0.3, -0.25) is 4.79 Å².